The molecule has 0 amide bonds. The summed E-state index contributed by atoms with van der Waals surface area (Å²) in [5.74, 6) is -0.796. The van der Waals surface area contributed by atoms with E-state index in [1.165, 1.54) is 180 Å². The topological polar surface area (TPSA) is 152 Å². The van der Waals surface area contributed by atoms with E-state index in [4.69, 9.17) is 18.9 Å². The number of rotatable bonds is 48. The van der Waals surface area contributed by atoms with Crippen molar-refractivity contribution in [1.29, 1.82) is 0 Å². The van der Waals surface area contributed by atoms with Gasteiger partial charge in [-0.25, -0.2) is 0 Å². The molecule has 66 heavy (non-hydrogen) atoms. The van der Waals surface area contributed by atoms with Crippen molar-refractivity contribution < 1.29 is 49.0 Å². The van der Waals surface area contributed by atoms with Crippen LogP contribution in [0.15, 0.2) is 24.3 Å². The molecule has 1 saturated heterocycles. The molecule has 4 N–H and O–H groups in total. The third-order valence-electron chi connectivity index (χ3n) is 13.1. The Labute approximate surface area is 404 Å². The lowest BCUT2D eigenvalue weighted by atomic mass is 9.99. The Morgan fingerprint density at radius 3 is 1.26 bits per heavy atom. The highest BCUT2D eigenvalue weighted by atomic mass is 16.7. The first-order valence-electron chi connectivity index (χ1n) is 27.9. The minimum Gasteiger partial charge on any atom is -0.462 e. The fraction of sp³-hybridized carbons (Fsp3) is 0.893. The van der Waals surface area contributed by atoms with Crippen molar-refractivity contribution in [3.63, 3.8) is 0 Å². The minimum absolute atomic E-state index is 0.214. The zero-order chi connectivity index (χ0) is 48.0. The van der Waals surface area contributed by atoms with Crippen molar-refractivity contribution in [3.05, 3.63) is 24.3 Å². The quantitative estimate of drug-likeness (QED) is 0.0264. The van der Waals surface area contributed by atoms with Crippen LogP contribution in [0.3, 0.4) is 0 Å². The van der Waals surface area contributed by atoms with Crippen molar-refractivity contribution in [2.45, 2.75) is 301 Å². The Kier molecular flexibility index (Phi) is 44.2. The molecule has 1 aliphatic rings. The van der Waals surface area contributed by atoms with Crippen molar-refractivity contribution in [3.8, 4) is 0 Å². The molecule has 10 nitrogen and oxygen atoms in total. The molecule has 1 heterocycles. The number of esters is 2. The Bertz CT molecular complexity index is 1130. The molecule has 0 aromatic rings. The van der Waals surface area contributed by atoms with Gasteiger partial charge in [0.15, 0.2) is 12.4 Å². The lowest BCUT2D eigenvalue weighted by Crippen LogP contribution is -2.59. The second kappa shape index (κ2) is 46.9. The third kappa shape index (κ3) is 37.1. The fourth-order valence-corrected chi connectivity index (χ4v) is 8.69. The van der Waals surface area contributed by atoms with Gasteiger partial charge in [0.05, 0.1) is 13.2 Å². The molecule has 6 unspecified atom stereocenters. The number of hydrogen-bond donors (Lipinski definition) is 4. The number of aliphatic hydroxyl groups excluding tert-OH is 4. The van der Waals surface area contributed by atoms with Crippen LogP contribution in [0, 0.1) is 0 Å². The number of aliphatic hydroxyl groups is 4. The van der Waals surface area contributed by atoms with E-state index in [2.05, 4.69) is 38.2 Å². The molecule has 10 heteroatoms. The normalized spacial score (nSPS) is 19.3. The maximum Gasteiger partial charge on any atom is 0.306 e. The molecule has 6 atom stereocenters. The zero-order valence-electron chi connectivity index (χ0n) is 42.7. The van der Waals surface area contributed by atoms with Crippen molar-refractivity contribution in [2.75, 3.05) is 19.8 Å². The lowest BCUT2D eigenvalue weighted by Gasteiger charge is -2.39. The van der Waals surface area contributed by atoms with Gasteiger partial charge in [-0.3, -0.25) is 9.59 Å². The SMILES string of the molecule is CCCCCCC/C=C\C/C=C\CCCCCCCCCCCC(=O)OC(COC(=O)CCCCCCCCCCCCCCCCCCCCCC)COC1OC(CO)C(O)C(O)C1O. The van der Waals surface area contributed by atoms with Gasteiger partial charge in [-0.05, 0) is 44.9 Å². The van der Waals surface area contributed by atoms with Crippen LogP contribution >= 0.6 is 0 Å². The van der Waals surface area contributed by atoms with E-state index in [1.54, 1.807) is 0 Å². The maximum absolute atomic E-state index is 12.9. The summed E-state index contributed by atoms with van der Waals surface area (Å²) in [6, 6.07) is 0. The largest absolute Gasteiger partial charge is 0.462 e. The summed E-state index contributed by atoms with van der Waals surface area (Å²) in [6.45, 7) is 3.46. The number of carbonyl (C=O) groups excluding carboxylic acids is 2. The van der Waals surface area contributed by atoms with Crippen LogP contribution in [0.2, 0.25) is 0 Å². The molecular formula is C56H104O10. The Balaban J connectivity index is 2.22. The predicted octanol–water partition coefficient (Wildman–Crippen LogP) is 13.6. The zero-order valence-corrected chi connectivity index (χ0v) is 42.7. The van der Waals surface area contributed by atoms with Crippen LogP contribution in [0.25, 0.3) is 0 Å². The molecule has 0 aromatic heterocycles. The van der Waals surface area contributed by atoms with Gasteiger partial charge >= 0.3 is 11.9 Å². The molecule has 0 aromatic carbocycles. The van der Waals surface area contributed by atoms with E-state index in [-0.39, 0.29) is 32.0 Å². The van der Waals surface area contributed by atoms with Gasteiger partial charge in [0.25, 0.3) is 0 Å². The van der Waals surface area contributed by atoms with Gasteiger partial charge < -0.3 is 39.4 Å². The second-order valence-electron chi connectivity index (χ2n) is 19.4. The molecular weight excluding hydrogens is 833 g/mol. The number of unbranched alkanes of at least 4 members (excludes halogenated alkanes) is 33. The molecule has 1 fully saturated rings. The first kappa shape index (κ1) is 62.2. The molecule has 0 bridgehead atoms. The summed E-state index contributed by atoms with van der Waals surface area (Å²) >= 11 is 0. The molecule has 1 rings (SSSR count). The second-order valence-corrected chi connectivity index (χ2v) is 19.4. The molecule has 0 saturated carbocycles. The molecule has 0 radical (unpaired) electrons. The minimum atomic E-state index is -1.59. The van der Waals surface area contributed by atoms with Crippen molar-refractivity contribution in [2.24, 2.45) is 0 Å². The summed E-state index contributed by atoms with van der Waals surface area (Å²) < 4.78 is 22.3. The van der Waals surface area contributed by atoms with E-state index >= 15 is 0 Å². The van der Waals surface area contributed by atoms with E-state index in [9.17, 15) is 30.0 Å². The van der Waals surface area contributed by atoms with E-state index < -0.39 is 49.4 Å². The predicted molar refractivity (Wildman–Crippen MR) is 270 cm³/mol. The summed E-state index contributed by atoms with van der Waals surface area (Å²) in [5, 5.41) is 40.3. The van der Waals surface area contributed by atoms with Crippen LogP contribution < -0.4 is 0 Å². The van der Waals surface area contributed by atoms with Gasteiger partial charge in [-0.15, -0.1) is 0 Å². The molecule has 0 spiro atoms. The molecule has 1 aliphatic heterocycles. The first-order chi connectivity index (χ1) is 32.3. The molecule has 0 aliphatic carbocycles. The Hall–Kier alpha value is -1.82. The number of ether oxygens (including phenoxy) is 4. The third-order valence-corrected chi connectivity index (χ3v) is 13.1. The molecule has 388 valence electrons. The maximum atomic E-state index is 12.9. The van der Waals surface area contributed by atoms with Crippen LogP contribution in [0.1, 0.15) is 264 Å². The average molecular weight is 937 g/mol. The van der Waals surface area contributed by atoms with E-state index in [0.29, 0.717) is 6.42 Å². The van der Waals surface area contributed by atoms with Gasteiger partial charge in [0.2, 0.25) is 0 Å². The van der Waals surface area contributed by atoms with Gasteiger partial charge in [0.1, 0.15) is 31.0 Å². The van der Waals surface area contributed by atoms with Crippen molar-refractivity contribution in [1.82, 2.24) is 0 Å². The smallest absolute Gasteiger partial charge is 0.306 e. The van der Waals surface area contributed by atoms with Gasteiger partial charge in [0, 0.05) is 12.8 Å². The van der Waals surface area contributed by atoms with Gasteiger partial charge in [-0.1, -0.05) is 231 Å². The monoisotopic (exact) mass is 937 g/mol. The Morgan fingerprint density at radius 1 is 0.470 bits per heavy atom. The van der Waals surface area contributed by atoms with Crippen LogP contribution in [0.5, 0.6) is 0 Å². The summed E-state index contributed by atoms with van der Waals surface area (Å²) in [4.78, 5) is 25.5. The first-order valence-corrected chi connectivity index (χ1v) is 27.9. The highest BCUT2D eigenvalue weighted by Gasteiger charge is 2.44. The fourth-order valence-electron chi connectivity index (χ4n) is 8.69. The highest BCUT2D eigenvalue weighted by molar-refractivity contribution is 5.70. The summed E-state index contributed by atoms with van der Waals surface area (Å²) in [7, 11) is 0. The van der Waals surface area contributed by atoms with Gasteiger partial charge in [-0.2, -0.15) is 0 Å². The lowest BCUT2D eigenvalue weighted by molar-refractivity contribution is -0.305. The Morgan fingerprint density at radius 2 is 0.848 bits per heavy atom. The van der Waals surface area contributed by atoms with E-state index in [1.807, 2.05) is 0 Å². The van der Waals surface area contributed by atoms with Crippen LogP contribution in [-0.4, -0.2) is 89.0 Å². The average Bonchev–Trinajstić information content (AvgIpc) is 3.32. The summed E-state index contributed by atoms with van der Waals surface area (Å²) in [5.41, 5.74) is 0. The van der Waals surface area contributed by atoms with Crippen LogP contribution in [0.4, 0.5) is 0 Å². The summed E-state index contributed by atoms with van der Waals surface area (Å²) in [6.07, 6.45) is 47.6. The number of carbonyl (C=O) groups is 2. The van der Waals surface area contributed by atoms with Crippen molar-refractivity contribution >= 4 is 11.9 Å². The van der Waals surface area contributed by atoms with E-state index in [0.717, 1.165) is 51.4 Å². The standard InChI is InChI=1S/C56H104O10/c1-3-5-7-9-11-13-15-17-19-21-23-25-27-29-31-33-35-37-39-41-43-45-52(59)65-49(48-64-56-55(62)54(61)53(60)50(46-57)66-56)47-63-51(58)44-42-40-38-36-34-32-30-28-26-24-22-20-18-16-14-12-10-8-6-4-2/h15,17,21,23,49-50,53-57,60-62H,3-14,16,18-20,22,24-48H2,1-2H3/b17-15-,23-21-. The number of allylic oxidation sites excluding steroid dienone is 4. The highest BCUT2D eigenvalue weighted by Crippen LogP contribution is 2.23. The van der Waals surface area contributed by atoms with Crippen LogP contribution in [-0.2, 0) is 28.5 Å². The number of hydrogen-bond acceptors (Lipinski definition) is 10.